The Bertz CT molecular complexity index is 3550. The second-order valence-electron chi connectivity index (χ2n) is 24.7. The molecule has 0 bridgehead atoms. The molecule has 2 aliphatic rings. The van der Waals surface area contributed by atoms with Gasteiger partial charge in [-0.25, -0.2) is 0 Å². The van der Waals surface area contributed by atoms with Crippen LogP contribution in [0.25, 0.3) is 91.7 Å². The molecule has 6 heteroatoms. The van der Waals surface area contributed by atoms with Crippen molar-refractivity contribution in [2.75, 3.05) is 0 Å². The number of hydrogen-bond donors (Lipinski definition) is 0. The molecule has 0 atom stereocenters. The number of hydrogen-bond acceptors (Lipinski definition) is 4. The van der Waals surface area contributed by atoms with Crippen LogP contribution in [0.1, 0.15) is 242 Å². The number of unbranched alkanes of at least 4 members (excludes halogenated alkanes) is 12. The second kappa shape index (κ2) is 29.0. The largest absolute Gasteiger partial charge is 0.271 e. The molecule has 448 valence electrons. The van der Waals surface area contributed by atoms with Crippen LogP contribution in [0.2, 0.25) is 0 Å². The zero-order valence-corrected chi connectivity index (χ0v) is 52.3. The van der Waals surface area contributed by atoms with Gasteiger partial charge in [-0.05, 0) is 127 Å². The summed E-state index contributed by atoms with van der Waals surface area (Å²) >= 11 is 0. The summed E-state index contributed by atoms with van der Waals surface area (Å²) in [4.78, 5) is 68.6. The predicted octanol–water partition coefficient (Wildman–Crippen LogP) is 22.2. The van der Waals surface area contributed by atoms with Crippen molar-refractivity contribution >= 4 is 115 Å². The number of imide groups is 2. The first-order valence-electron chi connectivity index (χ1n) is 33.3. The lowest BCUT2D eigenvalue weighted by atomic mass is 9.77. The van der Waals surface area contributed by atoms with E-state index in [0.717, 1.165) is 183 Å². The maximum atomic E-state index is 16.3. The van der Waals surface area contributed by atoms with Gasteiger partial charge in [0.05, 0.1) is 22.3 Å². The molecule has 9 aromatic carbocycles. The summed E-state index contributed by atoms with van der Waals surface area (Å²) in [6, 6.07) is 48.8. The van der Waals surface area contributed by atoms with Crippen molar-refractivity contribution < 1.29 is 19.2 Å². The van der Waals surface area contributed by atoms with Gasteiger partial charge in [0, 0.05) is 22.9 Å². The van der Waals surface area contributed by atoms with Crippen molar-refractivity contribution in [2.24, 2.45) is 0 Å². The van der Waals surface area contributed by atoms with E-state index in [1.54, 1.807) is 9.80 Å². The molecular weight excluding hydrogens is 1080 g/mol. The highest BCUT2D eigenvalue weighted by Crippen LogP contribution is 2.51. The summed E-state index contributed by atoms with van der Waals surface area (Å²) in [5, 5.41) is 6.34. The van der Waals surface area contributed by atoms with Crippen molar-refractivity contribution in [3.63, 3.8) is 0 Å². The number of nitrogens with zero attached hydrogens (tertiary/aromatic N) is 2. The van der Waals surface area contributed by atoms with E-state index in [0.29, 0.717) is 55.3 Å². The van der Waals surface area contributed by atoms with E-state index in [4.69, 9.17) is 0 Å². The van der Waals surface area contributed by atoms with Gasteiger partial charge in [-0.3, -0.25) is 29.0 Å². The van der Waals surface area contributed by atoms with Crippen LogP contribution in [0.4, 0.5) is 0 Å². The predicted molar refractivity (Wildman–Crippen MR) is 373 cm³/mol. The third kappa shape index (κ3) is 12.9. The van der Waals surface area contributed by atoms with Gasteiger partial charge in [0.15, 0.2) is 0 Å². The Hall–Kier alpha value is -8.48. The molecular formula is C82H86N2O4. The van der Waals surface area contributed by atoms with E-state index in [2.05, 4.69) is 149 Å². The van der Waals surface area contributed by atoms with E-state index in [1.165, 1.54) is 0 Å². The quantitative estimate of drug-likeness (QED) is 0.0148. The first kappa shape index (κ1) is 61.2. The molecule has 0 spiro atoms. The monoisotopic (exact) mass is 1160 g/mol. The first-order chi connectivity index (χ1) is 43.2. The minimum atomic E-state index is -0.280. The van der Waals surface area contributed by atoms with Gasteiger partial charge in [0.1, 0.15) is 0 Å². The number of amides is 4. The van der Waals surface area contributed by atoms with Crippen LogP contribution in [-0.2, 0) is 0 Å². The number of carbonyl (C=O) groups excluding carboxylic acids is 4. The van der Waals surface area contributed by atoms with Gasteiger partial charge in [-0.2, -0.15) is 0 Å². The summed E-state index contributed by atoms with van der Waals surface area (Å²) in [5.74, 6) is -1.03. The summed E-state index contributed by atoms with van der Waals surface area (Å²) in [7, 11) is 0. The molecule has 0 saturated carbocycles. The molecule has 2 heterocycles. The minimum Gasteiger partial charge on any atom is -0.271 e. The van der Waals surface area contributed by atoms with E-state index in [-0.39, 0.29) is 35.7 Å². The molecule has 0 unspecified atom stereocenters. The molecule has 88 heavy (non-hydrogen) atoms. The standard InChI is InChI=1S/C82H86N2O4/c1-5-9-13-29-41-65(42-30-14-10-6-2)83-79(85)71-61(49-45-57-33-21-17-22-34-57)53-67-69-55-63(51-47-59-37-25-19-26-38-59)73-78-74(82(88)84(81(73)87)66(43-31-15-11-7-3)44-32-16-12-8-4)64(52-48-60-39-27-20-28-40-60)56-70(76(69)78)68-54-62(50-46-58-35-23-18-24-36-58)72(80(83)86)77(71)75(67)68/h17-28,33-40,45-56,65-66H,5-16,29-32,41-44H2,1-4H3/b49-45-,50-46+,51-47+,52-48-. The zero-order valence-electron chi connectivity index (χ0n) is 52.3. The second-order valence-corrected chi connectivity index (χ2v) is 24.7. The van der Waals surface area contributed by atoms with Crippen LogP contribution in [0.15, 0.2) is 146 Å². The van der Waals surface area contributed by atoms with Crippen molar-refractivity contribution in [1.82, 2.24) is 9.80 Å². The van der Waals surface area contributed by atoms with Gasteiger partial charge in [0.25, 0.3) is 23.6 Å². The van der Waals surface area contributed by atoms with E-state index in [1.807, 2.05) is 72.8 Å². The van der Waals surface area contributed by atoms with Crippen LogP contribution in [0, 0.1) is 0 Å². The summed E-state index contributed by atoms with van der Waals surface area (Å²) in [6.45, 7) is 8.87. The van der Waals surface area contributed by atoms with Crippen LogP contribution >= 0.6 is 0 Å². The van der Waals surface area contributed by atoms with E-state index < -0.39 is 0 Å². The molecule has 11 rings (SSSR count). The van der Waals surface area contributed by atoms with Crippen LogP contribution in [0.3, 0.4) is 0 Å². The molecule has 0 aromatic heterocycles. The average Bonchev–Trinajstić information content (AvgIpc) is 0.712. The number of benzene rings is 9. The Morgan fingerprint density at radius 1 is 0.284 bits per heavy atom. The highest BCUT2D eigenvalue weighted by Gasteiger charge is 2.43. The van der Waals surface area contributed by atoms with Crippen LogP contribution in [-0.4, -0.2) is 45.5 Å². The molecule has 0 saturated heterocycles. The molecule has 0 radical (unpaired) electrons. The summed E-state index contributed by atoms with van der Waals surface area (Å²) in [5.41, 5.74) is 8.87. The van der Waals surface area contributed by atoms with Crippen LogP contribution in [0.5, 0.6) is 0 Å². The van der Waals surface area contributed by atoms with E-state index in [9.17, 15) is 0 Å². The summed E-state index contributed by atoms with van der Waals surface area (Å²) in [6.07, 6.45) is 36.2. The third-order valence-corrected chi connectivity index (χ3v) is 18.6. The van der Waals surface area contributed by atoms with Crippen LogP contribution < -0.4 is 0 Å². The summed E-state index contributed by atoms with van der Waals surface area (Å²) < 4.78 is 0. The van der Waals surface area contributed by atoms with Crippen molar-refractivity contribution in [3.8, 4) is 0 Å². The third-order valence-electron chi connectivity index (χ3n) is 18.6. The Kier molecular flexibility index (Phi) is 20.2. The molecule has 2 aliphatic heterocycles. The normalized spacial score (nSPS) is 13.8. The highest BCUT2D eigenvalue weighted by molar-refractivity contribution is 6.43. The fraction of sp³-hybridized carbons (Fsp3) is 0.317. The SMILES string of the molecule is CCCCCCC(CCCCCC)N1C(=O)c2c(/C=C\c3ccccc3)cc3c4cc(/C=C/c5ccccc5)c5c6c(c(/C=C\c7ccccc7)cc(c7cc(/C=C/c8ccccc8)c(c2c37)C1=O)c64)C(=O)N(C(CCCCCC)CCCCCC)C5=O. The molecule has 6 nitrogen and oxygen atoms in total. The lowest BCUT2D eigenvalue weighted by Crippen LogP contribution is -2.48. The Balaban J connectivity index is 1.27. The molecule has 4 amide bonds. The van der Waals surface area contributed by atoms with Crippen molar-refractivity contribution in [1.29, 1.82) is 0 Å². The number of carbonyl (C=O) groups is 4. The smallest absolute Gasteiger partial charge is 0.262 e. The zero-order chi connectivity index (χ0) is 60.9. The highest BCUT2D eigenvalue weighted by atomic mass is 16.2. The fourth-order valence-electron chi connectivity index (χ4n) is 14.0. The maximum absolute atomic E-state index is 16.3. The Morgan fingerprint density at radius 2 is 0.511 bits per heavy atom. The fourth-order valence-corrected chi connectivity index (χ4v) is 14.0. The molecule has 9 aromatic rings. The first-order valence-corrected chi connectivity index (χ1v) is 33.3. The average molecular weight is 1160 g/mol. The topological polar surface area (TPSA) is 74.8 Å². The van der Waals surface area contributed by atoms with Gasteiger partial charge in [-0.1, -0.05) is 300 Å². The molecule has 0 N–H and O–H groups in total. The van der Waals surface area contributed by atoms with E-state index >= 15 is 19.2 Å². The van der Waals surface area contributed by atoms with Gasteiger partial charge in [-0.15, -0.1) is 0 Å². The minimum absolute atomic E-state index is 0.257. The van der Waals surface area contributed by atoms with Crippen molar-refractivity contribution in [3.05, 3.63) is 212 Å². The van der Waals surface area contributed by atoms with Gasteiger partial charge < -0.3 is 0 Å². The number of fused-ring (bicyclic) bond motifs is 2. The maximum Gasteiger partial charge on any atom is 0.262 e. The Labute approximate surface area is 522 Å². The molecule has 0 aliphatic carbocycles. The van der Waals surface area contributed by atoms with Gasteiger partial charge in [0.2, 0.25) is 0 Å². The number of rotatable bonds is 30. The lowest BCUT2D eigenvalue weighted by molar-refractivity contribution is 0.0501. The van der Waals surface area contributed by atoms with Gasteiger partial charge >= 0.3 is 0 Å². The Morgan fingerprint density at radius 3 is 0.727 bits per heavy atom. The molecule has 0 fully saturated rings. The lowest BCUT2D eigenvalue weighted by Gasteiger charge is -2.37. The van der Waals surface area contributed by atoms with Crippen molar-refractivity contribution in [2.45, 2.75) is 168 Å².